The third-order valence-electron chi connectivity index (χ3n) is 11.6. The minimum absolute atomic E-state index is 0. The molecule has 2 atom stereocenters. The number of allylic oxidation sites excluding steroid dienone is 1. The first kappa shape index (κ1) is 69.3. The quantitative estimate of drug-likeness (QED) is 0.0549. The van der Waals surface area contributed by atoms with Gasteiger partial charge in [0.25, 0.3) is 0 Å². The van der Waals surface area contributed by atoms with E-state index in [1.54, 1.807) is 53.6 Å². The van der Waals surface area contributed by atoms with E-state index in [4.69, 9.17) is 29.4 Å². The standard InChI is InChI=1S/C28H28O2S3.C16H12O2S3.C15H25O5P.H4OP2.2V/c1-7-8-20-15-24(30-6)21(16-23(20)29-5)9-10-22-14-18(3)28(32-22)26-12-11-25(33-26)27-17(2)13-19(4)31-27;1-9-5-11(7-17)19-15(9)13-3-4-14(21-13)16-10(2)6-12(8-18)20-16;1-6-12-9-15(18-5)13(10-14(12)17-4)11-21(16,19-7-2)20-8-3;1-3-2;;/h7-16H,1-6H3;3-8H,1-2H3;9-10H,6-8,11H2,1-5H3;1,3H,2H2;;/b8-7+,10-9+;;;;;/i;;;1T;;. The molecular formula is C59H69O10P3S6V2. The van der Waals surface area contributed by atoms with Gasteiger partial charge in [-0.25, -0.2) is 0 Å². The maximum Gasteiger partial charge on any atom is 0.335 e. The van der Waals surface area contributed by atoms with Crippen LogP contribution >= 0.6 is 93.0 Å². The smallest absolute Gasteiger partial charge is 0.335 e. The second-order valence-electron chi connectivity index (χ2n) is 17.1. The minimum Gasteiger partial charge on any atom is -0.496 e. The van der Waals surface area contributed by atoms with E-state index >= 15 is 0 Å². The van der Waals surface area contributed by atoms with E-state index in [2.05, 4.69) is 83.1 Å². The van der Waals surface area contributed by atoms with Crippen LogP contribution in [0.15, 0.2) is 78.9 Å². The molecule has 80 heavy (non-hydrogen) atoms. The third-order valence-corrected chi connectivity index (χ3v) is 21.2. The van der Waals surface area contributed by atoms with Crippen molar-refractivity contribution < 1.29 is 84.2 Å². The first-order chi connectivity index (χ1) is 38.0. The molecule has 8 rings (SSSR count). The number of aldehydes is 2. The Balaban J connectivity index is 0.000000316. The molecule has 10 nitrogen and oxygen atoms in total. The van der Waals surface area contributed by atoms with Crippen molar-refractivity contribution in [2.75, 3.05) is 41.7 Å². The monoisotopic (exact) mass is 1330 g/mol. The maximum absolute atomic E-state index is 12.7. The normalized spacial score (nSPS) is 11.2. The average Bonchev–Trinajstić information content (AvgIpc) is 4.33. The van der Waals surface area contributed by atoms with Gasteiger partial charge in [-0.15, -0.1) is 68.0 Å². The van der Waals surface area contributed by atoms with Crippen LogP contribution in [-0.2, 0) is 63.3 Å². The van der Waals surface area contributed by atoms with Crippen molar-refractivity contribution >= 4 is 124 Å². The van der Waals surface area contributed by atoms with E-state index in [0.29, 0.717) is 19.0 Å². The molecule has 2 aromatic carbocycles. The SMILES string of the molecule is C/C=C/c1cc(OC)c(/C=C/c2cc(C)c(-c3ccc(-c4sc(C)cc4C)s3)s2)cc1OC.CCOP(=O)(Cc1cc(OC)c(CC)cc1OC)OCC.Cc1cc(C=O)sc1-c1ccc(-c2sc(C=O)cc2C)s1.[3H]OPP.[V].[V]. The number of methoxy groups -OCH3 is 4. The molecule has 6 aromatic heterocycles. The summed E-state index contributed by atoms with van der Waals surface area (Å²) in [4.78, 5) is 39.7. The number of carbonyl (C=O) groups is 2. The van der Waals surface area contributed by atoms with Gasteiger partial charge in [0, 0.05) is 111 Å². The number of hydrogen-bond acceptors (Lipinski definition) is 16. The topological polar surface area (TPSA) is 127 Å². The summed E-state index contributed by atoms with van der Waals surface area (Å²) in [6, 6.07) is 24.9. The van der Waals surface area contributed by atoms with Crippen molar-refractivity contribution in [1.29, 1.82) is 1.43 Å². The maximum atomic E-state index is 12.7. The van der Waals surface area contributed by atoms with Gasteiger partial charge in [0.15, 0.2) is 12.6 Å². The molecule has 0 aliphatic heterocycles. The van der Waals surface area contributed by atoms with E-state index < -0.39 is 7.60 Å². The molecule has 0 aliphatic rings. The molecule has 6 heterocycles. The summed E-state index contributed by atoms with van der Waals surface area (Å²) >= 11 is 10.3. The number of rotatable bonds is 21. The summed E-state index contributed by atoms with van der Waals surface area (Å²) in [6.45, 7) is 18.9. The fraction of sp³-hybridized carbons (Fsp3) is 0.288. The predicted octanol–water partition coefficient (Wildman–Crippen LogP) is 19.2. The van der Waals surface area contributed by atoms with Crippen molar-refractivity contribution in [3.63, 3.8) is 0 Å². The van der Waals surface area contributed by atoms with Gasteiger partial charge in [0.1, 0.15) is 23.0 Å². The van der Waals surface area contributed by atoms with E-state index in [0.717, 1.165) is 89.1 Å². The van der Waals surface area contributed by atoms with Gasteiger partial charge >= 0.3 is 7.60 Å². The molecular weight excluding hydrogens is 1260 g/mol. The largest absolute Gasteiger partial charge is 0.496 e. The molecule has 1 N–H and O–H groups in total. The first-order valence-corrected chi connectivity index (χ1v) is 34.1. The average molecular weight is 1330 g/mol. The van der Waals surface area contributed by atoms with Crippen molar-refractivity contribution in [2.45, 2.75) is 74.9 Å². The third kappa shape index (κ3) is 19.2. The van der Waals surface area contributed by atoms with Crippen LogP contribution in [0.5, 0.6) is 23.0 Å². The second-order valence-corrected chi connectivity index (χ2v) is 26.8. The zero-order chi connectivity index (χ0) is 57.8. The Kier molecular flexibility index (Phi) is 30.5. The summed E-state index contributed by atoms with van der Waals surface area (Å²) in [5.74, 6) is 3.10. The summed E-state index contributed by atoms with van der Waals surface area (Å²) in [7, 11) is 5.95. The molecule has 21 heteroatoms. The second kappa shape index (κ2) is 35.2. The van der Waals surface area contributed by atoms with Crippen molar-refractivity contribution in [2.24, 2.45) is 0 Å². The van der Waals surface area contributed by atoms with Crippen LogP contribution in [-0.4, -0.2) is 60.6 Å². The van der Waals surface area contributed by atoms with E-state index in [9.17, 15) is 14.2 Å². The van der Waals surface area contributed by atoms with Crippen LogP contribution in [0, 0.1) is 34.6 Å². The van der Waals surface area contributed by atoms with Crippen LogP contribution in [0.25, 0.3) is 57.2 Å². The van der Waals surface area contributed by atoms with Crippen LogP contribution in [0.4, 0.5) is 0 Å². The Labute approximate surface area is 526 Å². The molecule has 0 fully saturated rings. The van der Waals surface area contributed by atoms with E-state index in [-0.39, 0.29) is 51.8 Å². The van der Waals surface area contributed by atoms with Gasteiger partial charge in [-0.1, -0.05) is 28.0 Å². The van der Waals surface area contributed by atoms with Gasteiger partial charge in [-0.2, -0.15) is 0 Å². The number of aryl methyl sites for hydroxylation is 6. The van der Waals surface area contributed by atoms with Gasteiger partial charge in [0.2, 0.25) is 1.43 Å². The summed E-state index contributed by atoms with van der Waals surface area (Å²) in [6.07, 6.45) is 11.1. The molecule has 0 spiro atoms. The molecule has 2 radical (unpaired) electrons. The van der Waals surface area contributed by atoms with Crippen molar-refractivity contribution in [1.82, 2.24) is 0 Å². The van der Waals surface area contributed by atoms with Crippen molar-refractivity contribution in [3.05, 3.63) is 143 Å². The fourth-order valence-corrected chi connectivity index (χ4v) is 16.7. The Hall–Kier alpha value is -3.20. The number of thiophene rings is 6. The molecule has 0 bridgehead atoms. The Bertz CT molecular complexity index is 3310. The molecule has 0 saturated heterocycles. The summed E-state index contributed by atoms with van der Waals surface area (Å²) in [5.41, 5.74) is 8.74. The Morgan fingerprint density at radius 1 is 0.550 bits per heavy atom. The zero-order valence-corrected chi connectivity index (χ0v) is 57.9. The van der Waals surface area contributed by atoms with Gasteiger partial charge in [0.05, 0.1) is 57.6 Å². The number of hydrogen-bond donors (Lipinski definition) is 1. The van der Waals surface area contributed by atoms with Gasteiger partial charge < -0.3 is 32.9 Å². The van der Waals surface area contributed by atoms with Gasteiger partial charge in [-0.05, 0) is 175 Å². The summed E-state index contributed by atoms with van der Waals surface area (Å²) in [5, 5.41) is 0. The van der Waals surface area contributed by atoms with Crippen LogP contribution < -0.4 is 18.9 Å². The molecule has 426 valence electrons. The van der Waals surface area contributed by atoms with Crippen LogP contribution in [0.1, 0.15) is 101 Å². The molecule has 2 unspecified atom stereocenters. The Morgan fingerprint density at radius 3 is 1.30 bits per heavy atom. The van der Waals surface area contributed by atoms with E-state index in [1.807, 2.05) is 110 Å². The number of ether oxygens (including phenoxy) is 4. The zero-order valence-electron chi connectivity index (χ0n) is 48.2. The Morgan fingerprint density at radius 2 is 0.938 bits per heavy atom. The molecule has 0 amide bonds. The fourth-order valence-electron chi connectivity index (χ4n) is 8.21. The minimum atomic E-state index is -3.17. The van der Waals surface area contributed by atoms with Crippen LogP contribution in [0.2, 0.25) is 0 Å². The molecule has 0 aliphatic carbocycles. The summed E-state index contributed by atoms with van der Waals surface area (Å²) < 4.78 is 51.3. The molecule has 0 saturated carbocycles. The number of carbonyl (C=O) groups excluding carboxylic acids is 2. The van der Waals surface area contributed by atoms with Crippen molar-refractivity contribution in [3.8, 4) is 62.0 Å². The first-order valence-electron chi connectivity index (χ1n) is 25.2. The van der Waals surface area contributed by atoms with Gasteiger partial charge in [-0.3, -0.25) is 14.2 Å². The van der Waals surface area contributed by atoms with Crippen LogP contribution in [0.3, 0.4) is 0 Å². The number of benzene rings is 2. The molecule has 8 aromatic rings. The van der Waals surface area contributed by atoms with E-state index in [1.165, 1.54) is 72.8 Å². The predicted molar refractivity (Wildman–Crippen MR) is 343 cm³/mol.